The topological polar surface area (TPSA) is 560 Å². The van der Waals surface area contributed by atoms with Crippen LogP contribution in [0.1, 0.15) is 227 Å². The van der Waals surface area contributed by atoms with Crippen LogP contribution in [0.15, 0.2) is 0 Å². The monoisotopic (exact) mass is 1600 g/mol. The van der Waals surface area contributed by atoms with Gasteiger partial charge in [-0.15, -0.1) is 0 Å². The van der Waals surface area contributed by atoms with Crippen LogP contribution in [0.4, 0.5) is 0 Å². The number of carboxylic acid groups (broad SMARTS) is 1. The highest BCUT2D eigenvalue weighted by Crippen LogP contribution is 2.24. The average molecular weight is 1600 g/mol. The summed E-state index contributed by atoms with van der Waals surface area (Å²) in [4.78, 5) is 223. The van der Waals surface area contributed by atoms with Gasteiger partial charge < -0.3 is 107 Å². The normalized spacial score (nSPS) is 18.0. The molecule has 0 aliphatic carbocycles. The summed E-state index contributed by atoms with van der Waals surface area (Å²) >= 11 is 0. The van der Waals surface area contributed by atoms with E-state index in [4.69, 9.17) is 22.9 Å². The number of carbonyl (C=O) groups excluding carboxylic acids is 15. The molecule has 2 aliphatic rings. The summed E-state index contributed by atoms with van der Waals surface area (Å²) in [5.41, 5.74) is 23.1. The molecule has 2 saturated heterocycles. The van der Waals surface area contributed by atoms with Crippen LogP contribution >= 0.6 is 0 Å². The van der Waals surface area contributed by atoms with Crippen LogP contribution in [0.5, 0.6) is 0 Å². The number of nitrogens with one attached hydrogen (secondary N) is 13. The van der Waals surface area contributed by atoms with Gasteiger partial charge in [0.15, 0.2) is 0 Å². The number of likely N-dealkylation sites (tertiary alicyclic amines) is 2. The van der Waals surface area contributed by atoms with Gasteiger partial charge in [-0.2, -0.15) is 0 Å². The standard InChI is InChI=1S/C77H139N19O17/c1-40(2)36-54(69(104)85-48(15)64(99)86-50(17)75(110)96-35-25-30-59(96)77(112)113)89-70(105)55(37-41(3)4)90-74(109)61(45(11)12)94-72(107)58-29-24-34-95(58)76(111)57(39-43(7)8)92-71(106)56(38-42(5)6)91-73(108)60(44(9)10)93-65(100)49(16)83-62(97)46(13)82-63(98)47(14)84-67(102)52(27-19-22-32-79)88-68(103)53(28-20-23-33-80)87-66(101)51(81)26-18-21-31-78/h40-61H,18-39,78-81H2,1-17H3,(H,82,98)(H,83,97)(H,84,102)(H,85,104)(H,86,99)(H,87,101)(H,88,103)(H,89,105)(H,90,109)(H,91,108)(H,92,106)(H,93,100)(H,94,107)(H,112,113)/t46-,47-,48-,49-,50-,51-,52-,53-,54-,55-,56-,57-,58-,59-,60-,61-/m0/s1. The number of carbonyl (C=O) groups is 16. The first-order chi connectivity index (χ1) is 52.9. The lowest BCUT2D eigenvalue weighted by atomic mass is 9.97. The van der Waals surface area contributed by atoms with E-state index in [0.717, 1.165) is 0 Å². The van der Waals surface area contributed by atoms with Crippen LogP contribution in [-0.4, -0.2) is 239 Å². The van der Waals surface area contributed by atoms with Crippen molar-refractivity contribution in [2.24, 2.45) is 58.4 Å². The number of amides is 15. The lowest BCUT2D eigenvalue weighted by Gasteiger charge is -2.32. The molecule has 22 N–H and O–H groups in total. The number of nitrogens with two attached hydrogens (primary N) is 4. The van der Waals surface area contributed by atoms with Gasteiger partial charge in [0.25, 0.3) is 0 Å². The van der Waals surface area contributed by atoms with E-state index < -0.39 is 203 Å². The summed E-state index contributed by atoms with van der Waals surface area (Å²) < 4.78 is 0. The van der Waals surface area contributed by atoms with Crippen LogP contribution in [0.3, 0.4) is 0 Å². The minimum absolute atomic E-state index is 0.0815. The van der Waals surface area contributed by atoms with Crippen molar-refractivity contribution in [2.75, 3.05) is 32.7 Å². The fraction of sp³-hybridized carbons (Fsp3) is 0.792. The SMILES string of the molecule is CC(C)C[C@H](NC(=O)[C@H](CC(C)C)NC(=O)[C@@H](NC(=O)[C@@H]1CCCN1C(=O)[C@H](CC(C)C)NC(=O)[C@H](CC(C)C)NC(=O)[C@@H](NC(=O)[C@H](C)NC(=O)[C@H](C)NC(=O)[C@H](C)NC(=O)[C@H](CCCCN)NC(=O)[C@H](CCCCN)NC(=O)[C@@H](N)CCCCN)C(C)C)C(C)C)C(=O)N[C@@H](C)C(=O)N[C@@H](C)C(=O)N1CCC[C@H]1C(=O)O. The smallest absolute Gasteiger partial charge is 0.326 e. The first kappa shape index (κ1) is 100. The maximum atomic E-state index is 14.8. The molecule has 2 rings (SSSR count). The van der Waals surface area contributed by atoms with E-state index >= 15 is 0 Å². The molecule has 36 heteroatoms. The van der Waals surface area contributed by atoms with E-state index in [9.17, 15) is 81.8 Å². The average Bonchev–Trinajstić information content (AvgIpc) is 1.73. The van der Waals surface area contributed by atoms with Gasteiger partial charge in [-0.25, -0.2) is 4.79 Å². The van der Waals surface area contributed by atoms with Crippen LogP contribution in [0.25, 0.3) is 0 Å². The predicted octanol–water partition coefficient (Wildman–Crippen LogP) is -1.33. The first-order valence-corrected chi connectivity index (χ1v) is 40.6. The fourth-order valence-corrected chi connectivity index (χ4v) is 13.2. The summed E-state index contributed by atoms with van der Waals surface area (Å²) in [5.74, 6) is -13.6. The molecule has 2 heterocycles. The van der Waals surface area contributed by atoms with E-state index in [1.54, 1.807) is 27.7 Å². The third-order valence-corrected chi connectivity index (χ3v) is 19.7. The van der Waals surface area contributed by atoms with E-state index in [2.05, 4.69) is 69.1 Å². The number of hydrogen-bond donors (Lipinski definition) is 18. The molecule has 2 fully saturated rings. The van der Waals surface area contributed by atoms with Crippen LogP contribution in [0.2, 0.25) is 0 Å². The Hall–Kier alpha value is -8.64. The van der Waals surface area contributed by atoms with E-state index in [0.29, 0.717) is 77.4 Å². The number of aliphatic carboxylic acids is 1. The van der Waals surface area contributed by atoms with Gasteiger partial charge in [0, 0.05) is 13.1 Å². The van der Waals surface area contributed by atoms with Gasteiger partial charge in [0.05, 0.1) is 6.04 Å². The molecule has 0 spiro atoms. The van der Waals surface area contributed by atoms with Crippen LogP contribution in [0, 0.1) is 35.5 Å². The van der Waals surface area contributed by atoms with E-state index in [1.165, 1.54) is 44.4 Å². The van der Waals surface area contributed by atoms with Crippen molar-refractivity contribution >= 4 is 94.6 Å². The number of unbranched alkanes of at least 4 members (excludes halogenated alkanes) is 3. The zero-order valence-corrected chi connectivity index (χ0v) is 69.9. The minimum Gasteiger partial charge on any atom is -0.480 e. The van der Waals surface area contributed by atoms with Crippen molar-refractivity contribution in [3.63, 3.8) is 0 Å². The Bertz CT molecular complexity index is 3170. The van der Waals surface area contributed by atoms with Crippen molar-refractivity contribution in [3.05, 3.63) is 0 Å². The van der Waals surface area contributed by atoms with Crippen LogP contribution < -0.4 is 92.1 Å². The molecule has 113 heavy (non-hydrogen) atoms. The molecule has 644 valence electrons. The Balaban J connectivity index is 2.23. The van der Waals surface area contributed by atoms with Gasteiger partial charge in [0.1, 0.15) is 90.6 Å². The molecule has 36 nitrogen and oxygen atoms in total. The fourth-order valence-electron chi connectivity index (χ4n) is 13.2. The second-order valence-corrected chi connectivity index (χ2v) is 32.7. The second kappa shape index (κ2) is 50.6. The van der Waals surface area contributed by atoms with Gasteiger partial charge in [-0.1, -0.05) is 89.5 Å². The molecule has 15 amide bonds. The molecule has 0 unspecified atom stereocenters. The zero-order chi connectivity index (χ0) is 85.8. The zero-order valence-electron chi connectivity index (χ0n) is 69.9. The number of rotatable bonds is 51. The van der Waals surface area contributed by atoms with E-state index in [-0.39, 0.29) is 88.1 Å². The predicted molar refractivity (Wildman–Crippen MR) is 425 cm³/mol. The molecule has 0 aromatic rings. The molecule has 0 bridgehead atoms. The number of hydrogen-bond acceptors (Lipinski definition) is 20. The highest BCUT2D eigenvalue weighted by atomic mass is 16.4. The maximum absolute atomic E-state index is 14.8. The summed E-state index contributed by atoms with van der Waals surface area (Å²) in [7, 11) is 0. The lowest BCUT2D eigenvalue weighted by Crippen LogP contribution is -2.61. The Morgan fingerprint density at radius 1 is 0.319 bits per heavy atom. The Morgan fingerprint density at radius 2 is 0.611 bits per heavy atom. The Kier molecular flexibility index (Phi) is 44.9. The van der Waals surface area contributed by atoms with Gasteiger partial charge >= 0.3 is 5.97 Å². The lowest BCUT2D eigenvalue weighted by molar-refractivity contribution is -0.149. The highest BCUT2D eigenvalue weighted by molar-refractivity contribution is 6.01. The summed E-state index contributed by atoms with van der Waals surface area (Å²) in [6, 6.07) is -18.8. The second-order valence-electron chi connectivity index (χ2n) is 32.7. The van der Waals surface area contributed by atoms with Gasteiger partial charge in [-0.05, 0) is 192 Å². The third kappa shape index (κ3) is 34.9. The number of carboxylic acids is 1. The Labute approximate surface area is 667 Å². The van der Waals surface area contributed by atoms with Crippen molar-refractivity contribution in [2.45, 2.75) is 324 Å². The molecule has 16 atom stereocenters. The van der Waals surface area contributed by atoms with Crippen molar-refractivity contribution in [1.82, 2.24) is 78.9 Å². The quantitative estimate of drug-likeness (QED) is 0.0314. The minimum atomic E-state index is -1.29. The van der Waals surface area contributed by atoms with Crippen molar-refractivity contribution in [1.29, 1.82) is 0 Å². The summed E-state index contributed by atoms with van der Waals surface area (Å²) in [6.07, 6.45) is 5.68. The van der Waals surface area contributed by atoms with E-state index in [1.807, 2.05) is 55.4 Å². The largest absolute Gasteiger partial charge is 0.480 e. The van der Waals surface area contributed by atoms with Gasteiger partial charge in [-0.3, -0.25) is 71.9 Å². The first-order valence-electron chi connectivity index (χ1n) is 40.6. The molecule has 0 aromatic carbocycles. The van der Waals surface area contributed by atoms with Crippen molar-refractivity contribution in [3.8, 4) is 0 Å². The molecule has 0 saturated carbocycles. The third-order valence-electron chi connectivity index (χ3n) is 19.7. The molecule has 2 aliphatic heterocycles. The summed E-state index contributed by atoms with van der Waals surface area (Å²) in [5, 5.41) is 44.4. The molecular weight excluding hydrogens is 1460 g/mol. The van der Waals surface area contributed by atoms with Crippen LogP contribution in [-0.2, 0) is 76.7 Å². The van der Waals surface area contributed by atoms with Gasteiger partial charge in [0.2, 0.25) is 88.6 Å². The highest BCUT2D eigenvalue weighted by Gasteiger charge is 2.43. The van der Waals surface area contributed by atoms with Crippen molar-refractivity contribution < 1.29 is 81.8 Å². The Morgan fingerprint density at radius 3 is 1.00 bits per heavy atom. The molecular formula is C77H139N19O17. The molecule has 0 radical (unpaired) electrons. The number of nitrogens with zero attached hydrogens (tertiary/aromatic N) is 2. The maximum Gasteiger partial charge on any atom is 0.326 e. The summed E-state index contributed by atoms with van der Waals surface area (Å²) in [6.45, 7) is 29.6. The molecule has 0 aromatic heterocycles.